The Morgan fingerprint density at radius 2 is 0.940 bits per heavy atom. The molecule has 67 heavy (non-hydrogen) atoms. The smallest absolute Gasteiger partial charge is 0.417 e. The number of ether oxygens (including phenoxy) is 2. The lowest BCUT2D eigenvalue weighted by atomic mass is 10.1. The van der Waals surface area contributed by atoms with E-state index in [-0.39, 0.29) is 22.6 Å². The number of methoxy groups -OCH3 is 2. The molecular weight excluding hydrogens is 862 g/mol. The minimum absolute atomic E-state index is 0.130. The van der Waals surface area contributed by atoms with E-state index in [4.69, 9.17) is 4.98 Å². The summed E-state index contributed by atoms with van der Waals surface area (Å²) in [7, 11) is 2.47. The third-order valence-corrected chi connectivity index (χ3v) is 9.78. The molecule has 0 spiro atoms. The van der Waals surface area contributed by atoms with Gasteiger partial charge >= 0.3 is 18.1 Å². The zero-order valence-electron chi connectivity index (χ0n) is 37.0. The van der Waals surface area contributed by atoms with Crippen molar-refractivity contribution in [2.45, 2.75) is 26.9 Å². The molecule has 0 bridgehead atoms. The van der Waals surface area contributed by atoms with E-state index in [9.17, 15) is 32.3 Å². The zero-order chi connectivity index (χ0) is 48.1. The predicted molar refractivity (Wildman–Crippen MR) is 257 cm³/mol. The molecule has 2 N–H and O–H groups in total. The number of hydrogen-bond donors (Lipinski definition) is 2. The predicted octanol–water partition coefficient (Wildman–Crippen LogP) is 11.0. The molecule has 0 amide bonds. The van der Waals surface area contributed by atoms with Gasteiger partial charge in [-0.3, -0.25) is 18.7 Å². The first-order chi connectivity index (χ1) is 32.3. The first-order valence-electron chi connectivity index (χ1n) is 20.9. The Kier molecular flexibility index (Phi) is 15.6. The van der Waals surface area contributed by atoms with Crippen molar-refractivity contribution in [3.05, 3.63) is 201 Å². The Morgan fingerprint density at radius 1 is 0.567 bits per heavy atom. The maximum atomic E-state index is 14.0. The van der Waals surface area contributed by atoms with Crippen molar-refractivity contribution in [1.82, 2.24) is 19.1 Å². The number of benzene rings is 4. The lowest BCUT2D eigenvalue weighted by molar-refractivity contribution is -0.136. The summed E-state index contributed by atoms with van der Waals surface area (Å²) in [6.07, 6.45) is 0.125. The van der Waals surface area contributed by atoms with E-state index in [1.807, 2.05) is 92.1 Å². The summed E-state index contributed by atoms with van der Waals surface area (Å²) < 4.78 is 54.6. The van der Waals surface area contributed by atoms with E-state index in [1.54, 1.807) is 72.8 Å². The van der Waals surface area contributed by atoms with Gasteiger partial charge in [0.25, 0.3) is 0 Å². The van der Waals surface area contributed by atoms with Gasteiger partial charge in [0.15, 0.2) is 22.2 Å². The molecule has 0 atom stereocenters. The number of anilines is 4. The summed E-state index contributed by atoms with van der Waals surface area (Å²) in [6.45, 7) is 5.86. The molecule has 4 aromatic carbocycles. The zero-order valence-corrected chi connectivity index (χ0v) is 37.0. The first kappa shape index (κ1) is 47.9. The Morgan fingerprint density at radius 3 is 1.34 bits per heavy atom. The molecule has 4 heterocycles. The highest BCUT2D eigenvalue weighted by Crippen LogP contribution is 2.36. The van der Waals surface area contributed by atoms with Gasteiger partial charge in [0.2, 0.25) is 0 Å². The van der Waals surface area contributed by atoms with Crippen LogP contribution in [0.2, 0.25) is 0 Å². The number of nitrogens with one attached hydrogen (secondary N) is 2. The van der Waals surface area contributed by atoms with Gasteiger partial charge in [-0.2, -0.15) is 13.2 Å². The van der Waals surface area contributed by atoms with Crippen LogP contribution in [0, 0.1) is 6.92 Å². The molecule has 8 aromatic rings. The van der Waals surface area contributed by atoms with Gasteiger partial charge < -0.3 is 20.1 Å². The van der Waals surface area contributed by atoms with Gasteiger partial charge in [-0.15, -0.1) is 0 Å². The largest absolute Gasteiger partial charge is 0.466 e. The maximum Gasteiger partial charge on any atom is 0.417 e. The number of halogens is 3. The molecular formula is C52H45F3N6O6. The molecule has 15 heteroatoms. The number of nitrogens with zero attached hydrogens (tertiary/aromatic N) is 4. The molecule has 0 aliphatic carbocycles. The van der Waals surface area contributed by atoms with E-state index in [1.165, 1.54) is 17.8 Å². The molecule has 0 unspecified atom stereocenters. The number of esters is 2. The highest BCUT2D eigenvalue weighted by Gasteiger charge is 2.35. The number of fused-ring (bicyclic) bond motifs is 2. The van der Waals surface area contributed by atoms with E-state index < -0.39 is 34.5 Å². The van der Waals surface area contributed by atoms with Crippen molar-refractivity contribution in [3.63, 3.8) is 0 Å². The van der Waals surface area contributed by atoms with Crippen molar-refractivity contribution in [2.75, 3.05) is 24.9 Å². The fourth-order valence-electron chi connectivity index (χ4n) is 6.89. The average Bonchev–Trinajstić information content (AvgIpc) is 3.34. The molecule has 12 nitrogen and oxygen atoms in total. The SMILES string of the molecule is CC.COC(=O)/C=C/c1cc(C(F)(F)F)c2c(=O)cc(Nc3ccccc3)n(-c3ccccc3)c2n1.COC(=O)/C=C/c1cc(C)c2c(=O)cc(Nc3ccccc3)n(-c3ccccc3)c2n1. The van der Waals surface area contributed by atoms with Gasteiger partial charge in [0, 0.05) is 47.0 Å². The number of carbonyl (C=O) groups excluding carboxylic acids is 2. The number of para-hydroxylation sites is 4. The van der Waals surface area contributed by atoms with Crippen LogP contribution in [0.4, 0.5) is 36.2 Å². The summed E-state index contributed by atoms with van der Waals surface area (Å²) in [5, 5.41) is 6.37. The van der Waals surface area contributed by atoms with Gasteiger partial charge in [-0.05, 0) is 85.3 Å². The third kappa shape index (κ3) is 11.6. The second-order valence-electron chi connectivity index (χ2n) is 14.2. The fraction of sp³-hybridized carbons (Fsp3) is 0.115. The number of aryl methyl sites for hydroxylation is 1. The number of alkyl halides is 3. The minimum Gasteiger partial charge on any atom is -0.466 e. The number of rotatable bonds is 10. The second-order valence-corrected chi connectivity index (χ2v) is 14.2. The molecule has 0 fully saturated rings. The third-order valence-electron chi connectivity index (χ3n) is 9.78. The first-order valence-corrected chi connectivity index (χ1v) is 20.9. The van der Waals surface area contributed by atoms with Crippen LogP contribution in [0.1, 0.15) is 36.4 Å². The lowest BCUT2D eigenvalue weighted by Crippen LogP contribution is -2.19. The Labute approximate surface area is 383 Å². The molecule has 4 aromatic heterocycles. The fourth-order valence-corrected chi connectivity index (χ4v) is 6.89. The Hall–Kier alpha value is -8.59. The number of hydrogen-bond acceptors (Lipinski definition) is 10. The van der Waals surface area contributed by atoms with E-state index >= 15 is 0 Å². The molecule has 0 saturated heterocycles. The number of aromatic nitrogens is 4. The van der Waals surface area contributed by atoms with Crippen LogP contribution in [0.5, 0.6) is 0 Å². The highest BCUT2D eigenvalue weighted by molar-refractivity contribution is 5.90. The van der Waals surface area contributed by atoms with Crippen LogP contribution >= 0.6 is 0 Å². The van der Waals surface area contributed by atoms with Crippen molar-refractivity contribution in [3.8, 4) is 11.4 Å². The summed E-state index contributed by atoms with van der Waals surface area (Å²) in [5.41, 5.74) is 2.15. The van der Waals surface area contributed by atoms with Crippen molar-refractivity contribution < 1.29 is 32.2 Å². The average molecular weight is 907 g/mol. The minimum atomic E-state index is -4.84. The second kappa shape index (κ2) is 21.9. The Balaban J connectivity index is 0.000000214. The van der Waals surface area contributed by atoms with Crippen LogP contribution in [0.3, 0.4) is 0 Å². The van der Waals surface area contributed by atoms with Gasteiger partial charge in [0.1, 0.15) is 11.6 Å². The molecule has 340 valence electrons. The summed E-state index contributed by atoms with van der Waals surface area (Å²) >= 11 is 0. The van der Waals surface area contributed by atoms with Crippen LogP contribution in [0.25, 0.3) is 45.6 Å². The molecule has 0 aliphatic rings. The lowest BCUT2D eigenvalue weighted by Gasteiger charge is -2.20. The molecule has 0 radical (unpaired) electrons. The normalized spacial score (nSPS) is 11.1. The van der Waals surface area contributed by atoms with Crippen molar-refractivity contribution >= 4 is 69.2 Å². The standard InChI is InChI=1S/C25H18F3N3O3.C25H21N3O3.C2H6/c1-34-22(33)13-12-17-14-19(25(26,27)28)23-20(32)15-21(29-16-8-4-2-5-9-16)31(24(23)30-17)18-10-6-3-7-11-18;1-17-15-19(13-14-23(30)31-2)27-25-24(17)21(29)16-22(26-18-9-5-3-6-10-18)28(25)20-11-7-4-8-12-20;1-2/h2-15,29H,1H3;3-16,26H,1-2H3;1-2H3/b13-12+;14-13+;. The van der Waals surface area contributed by atoms with Crippen LogP contribution in [-0.2, 0) is 25.2 Å². The van der Waals surface area contributed by atoms with Crippen LogP contribution in [0.15, 0.2) is 167 Å². The highest BCUT2D eigenvalue weighted by atomic mass is 19.4. The quantitative estimate of drug-likeness (QED) is 0.100. The topological polar surface area (TPSA) is 146 Å². The van der Waals surface area contributed by atoms with E-state index in [2.05, 4.69) is 25.1 Å². The van der Waals surface area contributed by atoms with Crippen LogP contribution in [-0.4, -0.2) is 45.3 Å². The summed E-state index contributed by atoms with van der Waals surface area (Å²) in [5.74, 6) is -0.407. The Bertz CT molecular complexity index is 3190. The van der Waals surface area contributed by atoms with Gasteiger partial charge in [-0.1, -0.05) is 86.6 Å². The maximum absolute atomic E-state index is 14.0. The van der Waals surface area contributed by atoms with E-state index in [0.29, 0.717) is 33.9 Å². The van der Waals surface area contributed by atoms with Crippen molar-refractivity contribution in [1.29, 1.82) is 0 Å². The van der Waals surface area contributed by atoms with Gasteiger partial charge in [0.05, 0.1) is 41.9 Å². The van der Waals surface area contributed by atoms with Gasteiger partial charge in [-0.25, -0.2) is 19.6 Å². The monoisotopic (exact) mass is 906 g/mol. The summed E-state index contributed by atoms with van der Waals surface area (Å²) in [4.78, 5) is 58.1. The van der Waals surface area contributed by atoms with E-state index in [0.717, 1.165) is 48.3 Å². The number of pyridine rings is 4. The molecule has 8 rings (SSSR count). The molecule has 0 saturated carbocycles. The van der Waals surface area contributed by atoms with Crippen molar-refractivity contribution in [2.24, 2.45) is 0 Å². The molecule has 0 aliphatic heterocycles. The number of carbonyl (C=O) groups is 2. The summed E-state index contributed by atoms with van der Waals surface area (Å²) in [6, 6.07) is 42.0. The van der Waals surface area contributed by atoms with Crippen LogP contribution < -0.4 is 21.5 Å².